The van der Waals surface area contributed by atoms with Gasteiger partial charge in [0, 0.05) is 113 Å². The van der Waals surface area contributed by atoms with Gasteiger partial charge in [0.05, 0.1) is 19.0 Å². The molecule has 4 N–H and O–H groups in total. The molecule has 0 bridgehead atoms. The van der Waals surface area contributed by atoms with Gasteiger partial charge in [0.2, 0.25) is 5.91 Å². The number of rotatable bonds is 15. The summed E-state index contributed by atoms with van der Waals surface area (Å²) in [6, 6.07) is 27.3. The number of ether oxygens (including phenoxy) is 1. The predicted molar refractivity (Wildman–Crippen MR) is 232 cm³/mol. The summed E-state index contributed by atoms with van der Waals surface area (Å²) in [5.74, 6) is 1.58. The first-order chi connectivity index (χ1) is 29.1. The van der Waals surface area contributed by atoms with Gasteiger partial charge in [-0.3, -0.25) is 34.5 Å². The van der Waals surface area contributed by atoms with E-state index in [9.17, 15) is 19.5 Å². The number of aliphatic hydroxyl groups excluding tert-OH is 1. The molecule has 316 valence electrons. The Labute approximate surface area is 352 Å². The molecule has 15 heteroatoms. The molecule has 4 amide bonds. The molecule has 3 aliphatic rings. The minimum Gasteiger partial charge on any atom is -0.484 e. The third-order valence-corrected chi connectivity index (χ3v) is 11.2. The second-order valence-electron chi connectivity index (χ2n) is 15.6. The number of imide groups is 1. The summed E-state index contributed by atoms with van der Waals surface area (Å²) in [4.78, 5) is 59.7. The summed E-state index contributed by atoms with van der Waals surface area (Å²) in [5, 5.41) is 11.8. The van der Waals surface area contributed by atoms with E-state index in [1.54, 1.807) is 24.3 Å². The van der Waals surface area contributed by atoms with Crippen molar-refractivity contribution in [2.45, 2.75) is 19.8 Å². The van der Waals surface area contributed by atoms with Gasteiger partial charge >= 0.3 is 6.03 Å². The number of carbonyl (C=O) groups is 3. The quantitative estimate of drug-likeness (QED) is 0.161. The van der Waals surface area contributed by atoms with Crippen LogP contribution in [0.5, 0.6) is 5.75 Å². The second kappa shape index (κ2) is 19.9. The standard InChI is InChI=1S/C45H56N10O5/c1-33(46)43(35-9-4-3-5-10-35)44-47-39(30-40(48-44)53-22-18-51(19-23-53)26-27-56)36-11-6-8-34(28-36)14-16-50(2)32-52-20-24-54(25-21-52)42(58)31-60-38-13-7-12-37(29-38)55-17-15-41(57)49-45(55)59/h3-13,28-30,56H,14-27,31-32,46H2,1-2H3,(H,49,57,59). The lowest BCUT2D eigenvalue weighted by atomic mass is 10.0. The van der Waals surface area contributed by atoms with Gasteiger partial charge in [-0.15, -0.1) is 0 Å². The number of benzene rings is 3. The highest BCUT2D eigenvalue weighted by molar-refractivity contribution is 6.05. The van der Waals surface area contributed by atoms with Crippen LogP contribution in [0.15, 0.2) is 90.6 Å². The third kappa shape index (κ3) is 10.8. The van der Waals surface area contributed by atoms with Gasteiger partial charge in [0.25, 0.3) is 5.91 Å². The molecule has 4 aromatic rings. The minimum absolute atomic E-state index is 0.0800. The Morgan fingerprint density at radius 1 is 0.867 bits per heavy atom. The maximum Gasteiger partial charge on any atom is 0.328 e. The number of nitrogens with zero attached hydrogens (tertiary/aromatic N) is 8. The number of amides is 4. The highest BCUT2D eigenvalue weighted by atomic mass is 16.5. The van der Waals surface area contributed by atoms with E-state index < -0.39 is 6.03 Å². The molecule has 3 fully saturated rings. The molecule has 3 aromatic carbocycles. The summed E-state index contributed by atoms with van der Waals surface area (Å²) in [7, 11) is 2.13. The van der Waals surface area contributed by atoms with E-state index in [2.05, 4.69) is 62.3 Å². The fraction of sp³-hybridized carbons (Fsp3) is 0.400. The van der Waals surface area contributed by atoms with Crippen LogP contribution in [0.25, 0.3) is 16.8 Å². The summed E-state index contributed by atoms with van der Waals surface area (Å²) in [6.45, 7) is 10.6. The van der Waals surface area contributed by atoms with Gasteiger partial charge in [-0.25, -0.2) is 14.8 Å². The summed E-state index contributed by atoms with van der Waals surface area (Å²) in [5.41, 5.74) is 12.6. The smallest absolute Gasteiger partial charge is 0.328 e. The lowest BCUT2D eigenvalue weighted by Gasteiger charge is -2.36. The van der Waals surface area contributed by atoms with Crippen LogP contribution in [0.2, 0.25) is 0 Å². The lowest BCUT2D eigenvalue weighted by Crippen LogP contribution is -2.52. The zero-order chi connectivity index (χ0) is 42.0. The maximum atomic E-state index is 13.1. The molecule has 7 rings (SSSR count). The molecule has 3 aliphatic heterocycles. The second-order valence-corrected chi connectivity index (χ2v) is 15.6. The van der Waals surface area contributed by atoms with Crippen LogP contribution in [0, 0.1) is 0 Å². The van der Waals surface area contributed by atoms with Crippen molar-refractivity contribution in [3.8, 4) is 17.0 Å². The van der Waals surface area contributed by atoms with Crippen molar-refractivity contribution in [2.24, 2.45) is 5.73 Å². The van der Waals surface area contributed by atoms with Crippen molar-refractivity contribution < 1.29 is 24.2 Å². The molecule has 0 radical (unpaired) electrons. The van der Waals surface area contributed by atoms with E-state index in [1.165, 1.54) is 10.5 Å². The largest absolute Gasteiger partial charge is 0.484 e. The topological polar surface area (TPSA) is 164 Å². The Morgan fingerprint density at radius 3 is 2.35 bits per heavy atom. The number of aromatic nitrogens is 2. The number of likely N-dealkylation sites (N-methyl/N-ethyl adjacent to an activating group) is 1. The normalized spacial score (nSPS) is 17.2. The van der Waals surface area contributed by atoms with Gasteiger partial charge in [0.1, 0.15) is 11.6 Å². The van der Waals surface area contributed by atoms with Crippen molar-refractivity contribution in [1.82, 2.24) is 34.9 Å². The summed E-state index contributed by atoms with van der Waals surface area (Å²) in [6.07, 6.45) is 1.09. The van der Waals surface area contributed by atoms with E-state index >= 15 is 0 Å². The lowest BCUT2D eigenvalue weighted by molar-refractivity contribution is -0.135. The summed E-state index contributed by atoms with van der Waals surface area (Å²) >= 11 is 0. The maximum absolute atomic E-state index is 13.1. The van der Waals surface area contributed by atoms with Crippen molar-refractivity contribution in [3.63, 3.8) is 0 Å². The number of β-amino-alcohol motifs (C(OH)–C–C–N with tert-alkyl or cyclic N) is 1. The van der Waals surface area contributed by atoms with Crippen LogP contribution in [-0.4, -0.2) is 151 Å². The first-order valence-corrected chi connectivity index (χ1v) is 20.7. The van der Waals surface area contributed by atoms with Crippen LogP contribution < -0.4 is 25.6 Å². The Kier molecular flexibility index (Phi) is 14.0. The van der Waals surface area contributed by atoms with Crippen molar-refractivity contribution >= 4 is 34.9 Å². The van der Waals surface area contributed by atoms with Crippen LogP contribution >= 0.6 is 0 Å². The van der Waals surface area contributed by atoms with Crippen LogP contribution in [0.3, 0.4) is 0 Å². The average molecular weight is 817 g/mol. The molecule has 0 atom stereocenters. The predicted octanol–water partition coefficient (Wildman–Crippen LogP) is 3.10. The monoisotopic (exact) mass is 816 g/mol. The number of nitrogens with one attached hydrogen (secondary N) is 1. The first kappa shape index (κ1) is 42.3. The molecule has 60 heavy (non-hydrogen) atoms. The van der Waals surface area contributed by atoms with Crippen LogP contribution in [-0.2, 0) is 16.0 Å². The fourth-order valence-electron chi connectivity index (χ4n) is 7.88. The Hall–Kier alpha value is -5.87. The molecule has 4 heterocycles. The molecule has 0 unspecified atom stereocenters. The van der Waals surface area contributed by atoms with Gasteiger partial charge in [0.15, 0.2) is 12.4 Å². The Morgan fingerprint density at radius 2 is 1.62 bits per heavy atom. The number of allylic oxidation sites excluding steroid dienone is 1. The molecule has 0 spiro atoms. The zero-order valence-corrected chi connectivity index (χ0v) is 34.6. The number of urea groups is 1. The highest BCUT2D eigenvalue weighted by Crippen LogP contribution is 2.30. The molecule has 15 nitrogen and oxygen atoms in total. The van der Waals surface area contributed by atoms with Gasteiger partial charge in [-0.1, -0.05) is 54.6 Å². The van der Waals surface area contributed by atoms with E-state index in [0.717, 1.165) is 87.1 Å². The van der Waals surface area contributed by atoms with E-state index in [0.29, 0.717) is 49.1 Å². The van der Waals surface area contributed by atoms with Gasteiger partial charge < -0.3 is 25.4 Å². The number of nitrogens with two attached hydrogens (primary N) is 1. The number of hydrogen-bond donors (Lipinski definition) is 3. The van der Waals surface area contributed by atoms with Crippen LogP contribution in [0.4, 0.5) is 16.3 Å². The molecule has 1 aromatic heterocycles. The van der Waals surface area contributed by atoms with Crippen molar-refractivity contribution in [2.75, 3.05) is 109 Å². The zero-order valence-electron chi connectivity index (χ0n) is 34.6. The fourth-order valence-corrected chi connectivity index (χ4v) is 7.88. The molecule has 0 aliphatic carbocycles. The van der Waals surface area contributed by atoms with Crippen LogP contribution in [0.1, 0.15) is 30.3 Å². The van der Waals surface area contributed by atoms with Crippen molar-refractivity contribution in [1.29, 1.82) is 0 Å². The summed E-state index contributed by atoms with van der Waals surface area (Å²) < 4.78 is 5.84. The average Bonchev–Trinajstić information content (AvgIpc) is 3.26. The number of carbonyl (C=O) groups excluding carboxylic acids is 3. The first-order valence-electron chi connectivity index (χ1n) is 20.7. The van der Waals surface area contributed by atoms with E-state index in [4.69, 9.17) is 20.4 Å². The number of aliphatic hydroxyl groups is 1. The molecule has 0 saturated carbocycles. The van der Waals surface area contributed by atoms with E-state index in [1.807, 2.05) is 42.2 Å². The Balaban J connectivity index is 0.934. The molecular weight excluding hydrogens is 761 g/mol. The van der Waals surface area contributed by atoms with Gasteiger partial charge in [-0.2, -0.15) is 0 Å². The third-order valence-electron chi connectivity index (χ3n) is 11.2. The number of anilines is 2. The minimum atomic E-state index is -0.463. The highest BCUT2D eigenvalue weighted by Gasteiger charge is 2.26. The van der Waals surface area contributed by atoms with E-state index in [-0.39, 0.29) is 31.4 Å². The molecule has 3 saturated heterocycles. The number of hydrogen-bond acceptors (Lipinski definition) is 12. The Bertz CT molecular complexity index is 2150. The number of piperazine rings is 2. The SMILES string of the molecule is CC(N)=C(c1ccccc1)c1nc(-c2cccc(CCN(C)CN3CCN(C(=O)COc4cccc(N5CCC(=O)NC5=O)c4)CC3)c2)cc(N2CCN(CCO)CC2)n1. The van der Waals surface area contributed by atoms with Gasteiger partial charge in [-0.05, 0) is 49.7 Å². The van der Waals surface area contributed by atoms with Crippen molar-refractivity contribution in [3.05, 3.63) is 108 Å². The molecular formula is C45H56N10O5.